The van der Waals surface area contributed by atoms with Crippen molar-refractivity contribution >= 4 is 0 Å². The number of hydrogen-bond acceptors (Lipinski definition) is 2. The number of benzene rings is 1. The third kappa shape index (κ3) is 2.43. The summed E-state index contributed by atoms with van der Waals surface area (Å²) in [6, 6.07) is 6.62. The van der Waals surface area contributed by atoms with Gasteiger partial charge in [0.2, 0.25) is 0 Å². The highest BCUT2D eigenvalue weighted by Crippen LogP contribution is 2.25. The van der Waals surface area contributed by atoms with Gasteiger partial charge in [-0.2, -0.15) is 0 Å². The van der Waals surface area contributed by atoms with E-state index < -0.39 is 5.54 Å². The van der Waals surface area contributed by atoms with Gasteiger partial charge in [-0.05, 0) is 25.5 Å². The fourth-order valence-electron chi connectivity index (χ4n) is 2.07. The van der Waals surface area contributed by atoms with Gasteiger partial charge in [0.25, 0.3) is 0 Å². The summed E-state index contributed by atoms with van der Waals surface area (Å²) < 4.78 is 13.7. The molecule has 2 aromatic rings. The summed E-state index contributed by atoms with van der Waals surface area (Å²) in [6.07, 6.45) is 3.44. The molecule has 1 atom stereocenters. The molecule has 96 valence electrons. The number of halogens is 1. The number of H-pyrrole nitrogens is 1. The molecule has 1 aromatic carbocycles. The number of imidazole rings is 1. The minimum Gasteiger partial charge on any atom is -0.340 e. The molecule has 1 heterocycles. The molecule has 1 unspecified atom stereocenters. The molecule has 0 amide bonds. The largest absolute Gasteiger partial charge is 0.340 e. The Kier molecular flexibility index (Phi) is 3.48. The van der Waals surface area contributed by atoms with Gasteiger partial charge in [0.05, 0.1) is 17.4 Å². The van der Waals surface area contributed by atoms with Crippen LogP contribution in [0.25, 0.3) is 11.3 Å². The zero-order valence-electron chi connectivity index (χ0n) is 10.7. The second-order valence-electron chi connectivity index (χ2n) is 4.79. The van der Waals surface area contributed by atoms with E-state index in [1.807, 2.05) is 6.92 Å². The van der Waals surface area contributed by atoms with E-state index in [0.29, 0.717) is 17.1 Å². The quantitative estimate of drug-likeness (QED) is 0.871. The Morgan fingerprint density at radius 1 is 1.39 bits per heavy atom. The molecule has 0 bridgehead atoms. The van der Waals surface area contributed by atoms with Crippen molar-refractivity contribution in [3.8, 4) is 11.3 Å². The van der Waals surface area contributed by atoms with Crippen LogP contribution >= 0.6 is 0 Å². The van der Waals surface area contributed by atoms with Gasteiger partial charge < -0.3 is 10.7 Å². The van der Waals surface area contributed by atoms with Gasteiger partial charge in [0.15, 0.2) is 0 Å². The van der Waals surface area contributed by atoms with Crippen molar-refractivity contribution < 1.29 is 4.39 Å². The molecule has 0 fully saturated rings. The first kappa shape index (κ1) is 12.8. The van der Waals surface area contributed by atoms with Gasteiger partial charge in [0, 0.05) is 5.56 Å². The summed E-state index contributed by atoms with van der Waals surface area (Å²) in [7, 11) is 0. The van der Waals surface area contributed by atoms with Crippen LogP contribution in [0.5, 0.6) is 0 Å². The molecule has 0 radical (unpaired) electrons. The van der Waals surface area contributed by atoms with Gasteiger partial charge in [-0.25, -0.2) is 9.37 Å². The van der Waals surface area contributed by atoms with E-state index in [0.717, 1.165) is 12.8 Å². The van der Waals surface area contributed by atoms with E-state index in [-0.39, 0.29) is 5.82 Å². The average molecular weight is 247 g/mol. The van der Waals surface area contributed by atoms with Crippen molar-refractivity contribution in [2.45, 2.75) is 32.2 Å². The number of aromatic amines is 1. The Balaban J connectivity index is 2.34. The van der Waals surface area contributed by atoms with Crippen molar-refractivity contribution in [1.82, 2.24) is 9.97 Å². The highest BCUT2D eigenvalue weighted by atomic mass is 19.1. The second-order valence-corrected chi connectivity index (χ2v) is 4.79. The van der Waals surface area contributed by atoms with Crippen molar-refractivity contribution in [1.29, 1.82) is 0 Å². The highest BCUT2D eigenvalue weighted by molar-refractivity contribution is 5.59. The first-order valence-electron chi connectivity index (χ1n) is 6.14. The molecule has 4 heteroatoms. The number of nitrogens with two attached hydrogens (primary N) is 1. The van der Waals surface area contributed by atoms with Crippen LogP contribution in [-0.2, 0) is 5.54 Å². The molecule has 0 saturated carbocycles. The van der Waals surface area contributed by atoms with Crippen LogP contribution in [0.15, 0.2) is 30.5 Å². The van der Waals surface area contributed by atoms with E-state index in [4.69, 9.17) is 5.73 Å². The van der Waals surface area contributed by atoms with E-state index >= 15 is 0 Å². The van der Waals surface area contributed by atoms with Crippen LogP contribution in [0.4, 0.5) is 4.39 Å². The molecule has 3 nitrogen and oxygen atoms in total. The SMILES string of the molecule is CCCC(C)(N)c1ncc(-c2ccccc2F)[nH]1. The minimum absolute atomic E-state index is 0.262. The Bertz CT molecular complexity index is 531. The molecular weight excluding hydrogens is 229 g/mol. The topological polar surface area (TPSA) is 54.7 Å². The van der Waals surface area contributed by atoms with E-state index in [1.165, 1.54) is 6.07 Å². The fourth-order valence-corrected chi connectivity index (χ4v) is 2.07. The Morgan fingerprint density at radius 2 is 2.11 bits per heavy atom. The zero-order chi connectivity index (χ0) is 13.2. The molecule has 3 N–H and O–H groups in total. The number of nitrogens with zero attached hydrogens (tertiary/aromatic N) is 1. The van der Waals surface area contributed by atoms with Crippen LogP contribution in [0, 0.1) is 5.82 Å². The minimum atomic E-state index is -0.502. The monoisotopic (exact) mass is 247 g/mol. The number of nitrogens with one attached hydrogen (secondary N) is 1. The van der Waals surface area contributed by atoms with Gasteiger partial charge in [-0.1, -0.05) is 25.5 Å². The summed E-state index contributed by atoms with van der Waals surface area (Å²) >= 11 is 0. The lowest BCUT2D eigenvalue weighted by Gasteiger charge is -2.21. The summed E-state index contributed by atoms with van der Waals surface area (Å²) in [6.45, 7) is 4.01. The second kappa shape index (κ2) is 4.90. The first-order chi connectivity index (χ1) is 8.54. The van der Waals surface area contributed by atoms with Crippen LogP contribution in [0.1, 0.15) is 32.5 Å². The Morgan fingerprint density at radius 3 is 2.78 bits per heavy atom. The fraction of sp³-hybridized carbons (Fsp3) is 0.357. The van der Waals surface area contributed by atoms with Gasteiger partial charge >= 0.3 is 0 Å². The highest BCUT2D eigenvalue weighted by Gasteiger charge is 2.24. The van der Waals surface area contributed by atoms with Crippen LogP contribution < -0.4 is 5.73 Å². The molecule has 0 aliphatic heterocycles. The van der Waals surface area contributed by atoms with Crippen molar-refractivity contribution in [2.24, 2.45) is 5.73 Å². The van der Waals surface area contributed by atoms with Gasteiger partial charge in [0.1, 0.15) is 11.6 Å². The maximum absolute atomic E-state index is 13.7. The Hall–Kier alpha value is -1.68. The van der Waals surface area contributed by atoms with Crippen molar-refractivity contribution in [3.63, 3.8) is 0 Å². The molecule has 18 heavy (non-hydrogen) atoms. The number of hydrogen-bond donors (Lipinski definition) is 2. The zero-order valence-corrected chi connectivity index (χ0v) is 10.7. The van der Waals surface area contributed by atoms with Crippen molar-refractivity contribution in [3.05, 3.63) is 42.1 Å². The molecule has 0 aliphatic carbocycles. The summed E-state index contributed by atoms with van der Waals surface area (Å²) in [4.78, 5) is 7.40. The van der Waals surface area contributed by atoms with Gasteiger partial charge in [-0.3, -0.25) is 0 Å². The van der Waals surface area contributed by atoms with E-state index in [1.54, 1.807) is 24.4 Å². The molecule has 1 aromatic heterocycles. The first-order valence-corrected chi connectivity index (χ1v) is 6.14. The van der Waals surface area contributed by atoms with Gasteiger partial charge in [-0.15, -0.1) is 0 Å². The van der Waals surface area contributed by atoms with E-state index in [9.17, 15) is 4.39 Å². The molecule has 2 rings (SSSR count). The third-order valence-electron chi connectivity index (χ3n) is 3.05. The molecule has 0 spiro atoms. The maximum atomic E-state index is 13.7. The summed E-state index contributed by atoms with van der Waals surface area (Å²) in [5, 5.41) is 0. The van der Waals surface area contributed by atoms with Crippen LogP contribution in [0.2, 0.25) is 0 Å². The maximum Gasteiger partial charge on any atom is 0.132 e. The molecule has 0 aliphatic rings. The molecular formula is C14H18FN3. The van der Waals surface area contributed by atoms with Crippen molar-refractivity contribution in [2.75, 3.05) is 0 Å². The Labute approximate surface area is 106 Å². The average Bonchev–Trinajstić information content (AvgIpc) is 2.79. The third-order valence-corrected chi connectivity index (χ3v) is 3.05. The van der Waals surface area contributed by atoms with E-state index in [2.05, 4.69) is 16.9 Å². The number of rotatable bonds is 4. The predicted molar refractivity (Wildman–Crippen MR) is 70.4 cm³/mol. The lowest BCUT2D eigenvalue weighted by molar-refractivity contribution is 0.423. The lowest BCUT2D eigenvalue weighted by Crippen LogP contribution is -2.34. The van der Waals surface area contributed by atoms with Crippen LogP contribution in [-0.4, -0.2) is 9.97 Å². The summed E-state index contributed by atoms with van der Waals surface area (Å²) in [5.41, 5.74) is 6.87. The van der Waals surface area contributed by atoms with Crippen LogP contribution in [0.3, 0.4) is 0 Å². The molecule has 0 saturated heterocycles. The number of aromatic nitrogens is 2. The smallest absolute Gasteiger partial charge is 0.132 e. The lowest BCUT2D eigenvalue weighted by atomic mass is 9.97. The summed E-state index contributed by atoms with van der Waals surface area (Å²) in [5.74, 6) is 0.435. The predicted octanol–water partition coefficient (Wildman–Crippen LogP) is 3.19. The standard InChI is InChI=1S/C14H18FN3/c1-3-8-14(2,16)13-17-9-12(18-13)10-6-4-5-7-11(10)15/h4-7,9H,3,8,16H2,1-2H3,(H,17,18). The normalized spacial score (nSPS) is 14.4.